The van der Waals surface area contributed by atoms with Gasteiger partial charge in [-0.2, -0.15) is 0 Å². The number of carbonyl (C=O) groups is 2. The number of carboxylic acids is 2. The first kappa shape index (κ1) is 29.9. The van der Waals surface area contributed by atoms with Crippen molar-refractivity contribution in [3.8, 4) is 0 Å². The SMILES string of the molecule is CCCCCCCC/C=C\CCCCCCCCN.O=C([O-])C(=O)[O-].[Cu+2]. The molecule has 0 bridgehead atoms. The van der Waals surface area contributed by atoms with Gasteiger partial charge < -0.3 is 25.5 Å². The zero-order chi connectivity index (χ0) is 19.2. The Morgan fingerprint density at radius 2 is 1.04 bits per heavy atom. The summed E-state index contributed by atoms with van der Waals surface area (Å²) in [6.07, 6.45) is 23.9. The van der Waals surface area contributed by atoms with Crippen LogP contribution in [0, 0.1) is 0 Å². The van der Waals surface area contributed by atoms with Crippen LogP contribution in [0.4, 0.5) is 0 Å². The summed E-state index contributed by atoms with van der Waals surface area (Å²) < 4.78 is 0. The van der Waals surface area contributed by atoms with Crippen molar-refractivity contribution in [3.05, 3.63) is 12.2 Å². The van der Waals surface area contributed by atoms with Crippen LogP contribution in [0.15, 0.2) is 12.2 Å². The molecule has 0 spiro atoms. The van der Waals surface area contributed by atoms with Crippen LogP contribution >= 0.6 is 0 Å². The molecule has 0 fully saturated rings. The first-order valence-electron chi connectivity index (χ1n) is 9.83. The van der Waals surface area contributed by atoms with Crippen LogP contribution < -0.4 is 15.9 Å². The minimum Gasteiger partial charge on any atom is -0.543 e. The summed E-state index contributed by atoms with van der Waals surface area (Å²) in [7, 11) is 0. The number of unbranched alkanes of at least 4 members (excludes halogenated alkanes) is 12. The van der Waals surface area contributed by atoms with Crippen LogP contribution in [-0.4, -0.2) is 18.5 Å². The van der Waals surface area contributed by atoms with E-state index in [0.29, 0.717) is 0 Å². The van der Waals surface area contributed by atoms with Gasteiger partial charge in [-0.05, 0) is 38.6 Å². The van der Waals surface area contributed by atoms with E-state index in [1.54, 1.807) is 0 Å². The molecule has 6 heteroatoms. The van der Waals surface area contributed by atoms with E-state index in [1.165, 1.54) is 89.9 Å². The normalized spacial score (nSPS) is 10.1. The Hall–Kier alpha value is -0.841. The Kier molecular flexibility index (Phi) is 30.4. The first-order chi connectivity index (χ1) is 12.1. The van der Waals surface area contributed by atoms with Gasteiger partial charge in [-0.1, -0.05) is 76.9 Å². The number of rotatable bonds is 15. The molecule has 0 heterocycles. The van der Waals surface area contributed by atoms with Crippen molar-refractivity contribution in [2.45, 2.75) is 96.8 Å². The minimum absolute atomic E-state index is 0. The molecule has 0 aromatic heterocycles. The summed E-state index contributed by atoms with van der Waals surface area (Å²) in [5, 5.41) is 17.9. The van der Waals surface area contributed by atoms with Crippen LogP contribution in [0.5, 0.6) is 0 Å². The van der Waals surface area contributed by atoms with Crippen molar-refractivity contribution in [2.24, 2.45) is 5.73 Å². The van der Waals surface area contributed by atoms with Gasteiger partial charge in [0.1, 0.15) is 0 Å². The van der Waals surface area contributed by atoms with E-state index >= 15 is 0 Å². The van der Waals surface area contributed by atoms with Gasteiger partial charge in [0.2, 0.25) is 0 Å². The van der Waals surface area contributed by atoms with Crippen molar-refractivity contribution < 1.29 is 36.9 Å². The third kappa shape index (κ3) is 31.0. The quantitative estimate of drug-likeness (QED) is 0.190. The third-order valence-electron chi connectivity index (χ3n) is 3.88. The molecular weight excluding hydrogens is 382 g/mol. The fourth-order valence-electron chi connectivity index (χ4n) is 2.39. The molecule has 0 aromatic rings. The van der Waals surface area contributed by atoms with E-state index in [9.17, 15) is 0 Å². The average Bonchev–Trinajstić information content (AvgIpc) is 2.59. The maximum atomic E-state index is 8.93. The van der Waals surface area contributed by atoms with E-state index in [0.717, 1.165) is 6.54 Å². The molecule has 0 unspecified atom stereocenters. The van der Waals surface area contributed by atoms with Gasteiger partial charge >= 0.3 is 17.1 Å². The third-order valence-corrected chi connectivity index (χ3v) is 3.88. The van der Waals surface area contributed by atoms with Gasteiger partial charge in [-0.15, -0.1) is 0 Å². The van der Waals surface area contributed by atoms with Gasteiger partial charge in [0.15, 0.2) is 0 Å². The van der Waals surface area contributed by atoms with Crippen LogP contribution in [-0.2, 0) is 26.7 Å². The largest absolute Gasteiger partial charge is 2.00 e. The number of hydrogen-bond acceptors (Lipinski definition) is 5. The monoisotopic (exact) mass is 418 g/mol. The molecule has 157 valence electrons. The molecule has 5 nitrogen and oxygen atoms in total. The first-order valence-corrected chi connectivity index (χ1v) is 9.83. The topological polar surface area (TPSA) is 106 Å². The van der Waals surface area contributed by atoms with Gasteiger partial charge in [0, 0.05) is 0 Å². The molecule has 2 N–H and O–H groups in total. The second-order valence-electron chi connectivity index (χ2n) is 6.30. The Morgan fingerprint density at radius 1 is 0.692 bits per heavy atom. The molecule has 0 aromatic carbocycles. The second kappa shape index (κ2) is 26.4. The fraction of sp³-hybridized carbons (Fsp3) is 0.800. The molecule has 0 saturated heterocycles. The number of nitrogens with two attached hydrogens (primary N) is 1. The average molecular weight is 419 g/mol. The number of carbonyl (C=O) groups excluding carboxylic acids is 2. The van der Waals surface area contributed by atoms with Crippen LogP contribution in [0.2, 0.25) is 0 Å². The Labute approximate surface area is 170 Å². The fourth-order valence-corrected chi connectivity index (χ4v) is 2.39. The van der Waals surface area contributed by atoms with Gasteiger partial charge in [0.25, 0.3) is 0 Å². The van der Waals surface area contributed by atoms with Crippen LogP contribution in [0.25, 0.3) is 0 Å². The van der Waals surface area contributed by atoms with Crippen molar-refractivity contribution >= 4 is 11.9 Å². The van der Waals surface area contributed by atoms with E-state index in [4.69, 9.17) is 25.5 Å². The van der Waals surface area contributed by atoms with Gasteiger partial charge in [-0.25, -0.2) is 0 Å². The summed E-state index contributed by atoms with van der Waals surface area (Å²) in [5.41, 5.74) is 5.47. The Morgan fingerprint density at radius 3 is 1.38 bits per heavy atom. The number of allylic oxidation sites excluding steroid dienone is 2. The summed E-state index contributed by atoms with van der Waals surface area (Å²) in [6.45, 7) is 3.14. The van der Waals surface area contributed by atoms with E-state index < -0.39 is 11.9 Å². The molecule has 0 rings (SSSR count). The smallest absolute Gasteiger partial charge is 0.543 e. The molecule has 0 atom stereocenters. The standard InChI is InChI=1S/C18H37N.C2H2O4.Cu/c1-2-3-4-5-6-7-8-9-10-11-12-13-14-15-16-17-18-19;3-1(4)2(5)6;/h9-10H,2-8,11-19H2,1H3;(H,3,4)(H,5,6);/q;;+2/p-2/b10-9-;;. The number of carboxylic acid groups (broad SMARTS) is 2. The van der Waals surface area contributed by atoms with Crippen molar-refractivity contribution in [1.29, 1.82) is 0 Å². The van der Waals surface area contributed by atoms with Gasteiger partial charge in [0.05, 0.1) is 11.9 Å². The van der Waals surface area contributed by atoms with Crippen molar-refractivity contribution in [1.82, 2.24) is 0 Å². The summed E-state index contributed by atoms with van der Waals surface area (Å²) in [4.78, 5) is 17.9. The summed E-state index contributed by atoms with van der Waals surface area (Å²) in [5.74, 6) is -4.37. The van der Waals surface area contributed by atoms with Crippen molar-refractivity contribution in [2.75, 3.05) is 6.54 Å². The molecule has 26 heavy (non-hydrogen) atoms. The Bertz CT molecular complexity index is 324. The van der Waals surface area contributed by atoms with E-state index in [2.05, 4.69) is 19.1 Å². The van der Waals surface area contributed by atoms with Gasteiger partial charge in [-0.3, -0.25) is 0 Å². The molecule has 0 aliphatic carbocycles. The van der Waals surface area contributed by atoms with E-state index in [-0.39, 0.29) is 17.1 Å². The minimum atomic E-state index is -2.19. The number of hydrogen-bond donors (Lipinski definition) is 1. The van der Waals surface area contributed by atoms with Crippen LogP contribution in [0.1, 0.15) is 96.8 Å². The number of aliphatic carboxylic acids is 2. The molecule has 0 aliphatic heterocycles. The maximum absolute atomic E-state index is 8.93. The predicted octanol–water partition coefficient (Wildman–Crippen LogP) is 2.47. The Balaban J connectivity index is -0.000000649. The zero-order valence-electron chi connectivity index (χ0n) is 16.3. The molecular formula is C20H37CuNO4. The predicted molar refractivity (Wildman–Crippen MR) is 98.5 cm³/mol. The summed E-state index contributed by atoms with van der Waals surface area (Å²) >= 11 is 0. The molecule has 0 amide bonds. The molecule has 0 aliphatic rings. The summed E-state index contributed by atoms with van der Waals surface area (Å²) in [6, 6.07) is 0. The molecule has 0 saturated carbocycles. The zero-order valence-corrected chi connectivity index (χ0v) is 17.2. The molecule has 1 radical (unpaired) electrons. The van der Waals surface area contributed by atoms with Crippen LogP contribution in [0.3, 0.4) is 0 Å². The van der Waals surface area contributed by atoms with Crippen molar-refractivity contribution in [3.63, 3.8) is 0 Å². The van der Waals surface area contributed by atoms with E-state index in [1.807, 2.05) is 0 Å². The maximum Gasteiger partial charge on any atom is 2.00 e. The second-order valence-corrected chi connectivity index (χ2v) is 6.30.